The van der Waals surface area contributed by atoms with E-state index in [9.17, 15) is 0 Å². The highest BCUT2D eigenvalue weighted by Gasteiger charge is 2.21. The van der Waals surface area contributed by atoms with Crippen LogP contribution in [0.2, 0.25) is 0 Å². The van der Waals surface area contributed by atoms with Gasteiger partial charge in [-0.2, -0.15) is 0 Å². The van der Waals surface area contributed by atoms with Crippen LogP contribution in [0, 0.1) is 5.92 Å². The largest absolute Gasteiger partial charge is 0.381 e. The van der Waals surface area contributed by atoms with E-state index in [-0.39, 0.29) is 6.10 Å². The highest BCUT2D eigenvalue weighted by Crippen LogP contribution is 2.16. The lowest BCUT2D eigenvalue weighted by molar-refractivity contribution is -0.0427. The van der Waals surface area contributed by atoms with Crippen molar-refractivity contribution in [1.29, 1.82) is 0 Å². The molecule has 4 heteroatoms. The summed E-state index contributed by atoms with van der Waals surface area (Å²) in [6.07, 6.45) is 2.85. The summed E-state index contributed by atoms with van der Waals surface area (Å²) in [4.78, 5) is 2.47. The third-order valence-corrected chi connectivity index (χ3v) is 3.28. The average molecular weight is 214 g/mol. The monoisotopic (exact) mass is 214 g/mol. The molecule has 0 spiro atoms. The number of morpholine rings is 1. The van der Waals surface area contributed by atoms with Gasteiger partial charge < -0.3 is 15.2 Å². The number of nitrogens with two attached hydrogens (primary N) is 1. The Morgan fingerprint density at radius 3 is 2.87 bits per heavy atom. The topological polar surface area (TPSA) is 47.7 Å². The van der Waals surface area contributed by atoms with Crippen molar-refractivity contribution in [2.24, 2.45) is 11.7 Å². The maximum Gasteiger partial charge on any atom is 0.0824 e. The molecule has 0 aromatic carbocycles. The van der Waals surface area contributed by atoms with Crippen LogP contribution in [0.5, 0.6) is 0 Å². The Hall–Kier alpha value is -0.160. The first-order valence-electron chi connectivity index (χ1n) is 6.00. The van der Waals surface area contributed by atoms with Gasteiger partial charge >= 0.3 is 0 Å². The van der Waals surface area contributed by atoms with Gasteiger partial charge in [-0.25, -0.2) is 0 Å². The van der Waals surface area contributed by atoms with Gasteiger partial charge in [0.1, 0.15) is 0 Å². The lowest BCUT2D eigenvalue weighted by Crippen LogP contribution is -2.46. The third kappa shape index (κ3) is 3.41. The van der Waals surface area contributed by atoms with E-state index in [4.69, 9.17) is 15.2 Å². The summed E-state index contributed by atoms with van der Waals surface area (Å²) in [5.74, 6) is 0.830. The second-order valence-corrected chi connectivity index (χ2v) is 4.57. The molecular formula is C11H22N2O2. The third-order valence-electron chi connectivity index (χ3n) is 3.28. The fraction of sp³-hybridized carbons (Fsp3) is 1.00. The fourth-order valence-electron chi connectivity index (χ4n) is 2.18. The van der Waals surface area contributed by atoms with Crippen molar-refractivity contribution >= 4 is 0 Å². The average Bonchev–Trinajstić information content (AvgIpc) is 2.22. The maximum atomic E-state index is 5.60. The molecule has 15 heavy (non-hydrogen) atoms. The number of nitrogens with zero attached hydrogens (tertiary/aromatic N) is 1. The van der Waals surface area contributed by atoms with Crippen LogP contribution < -0.4 is 5.73 Å². The van der Waals surface area contributed by atoms with Crippen LogP contribution in [0.1, 0.15) is 12.8 Å². The van der Waals surface area contributed by atoms with Crippen molar-refractivity contribution in [3.63, 3.8) is 0 Å². The SMILES string of the molecule is NCC1CN(CCCC2COC2)CCO1. The van der Waals surface area contributed by atoms with Crippen LogP contribution in [-0.4, -0.2) is 57.0 Å². The Labute approximate surface area is 91.7 Å². The number of rotatable bonds is 5. The van der Waals surface area contributed by atoms with Crippen molar-refractivity contribution in [3.8, 4) is 0 Å². The summed E-state index contributed by atoms with van der Waals surface area (Å²) in [6.45, 7) is 6.72. The molecule has 1 unspecified atom stereocenters. The van der Waals surface area contributed by atoms with Gasteiger partial charge in [-0.1, -0.05) is 0 Å². The Balaban J connectivity index is 1.56. The first-order chi connectivity index (χ1) is 7.38. The van der Waals surface area contributed by atoms with Crippen molar-refractivity contribution in [3.05, 3.63) is 0 Å². The van der Waals surface area contributed by atoms with Crippen LogP contribution in [0.3, 0.4) is 0 Å². The summed E-state index contributed by atoms with van der Waals surface area (Å²) in [5.41, 5.74) is 5.60. The standard InChI is InChI=1S/C11H22N2O2/c12-6-11-7-13(4-5-15-11)3-1-2-10-8-14-9-10/h10-11H,1-9,12H2. The number of hydrogen-bond acceptors (Lipinski definition) is 4. The van der Waals surface area contributed by atoms with Crippen LogP contribution in [0.15, 0.2) is 0 Å². The molecule has 2 N–H and O–H groups in total. The molecule has 1 atom stereocenters. The molecule has 0 saturated carbocycles. The van der Waals surface area contributed by atoms with Crippen LogP contribution in [0.25, 0.3) is 0 Å². The zero-order valence-corrected chi connectivity index (χ0v) is 9.36. The van der Waals surface area contributed by atoms with Gasteiger partial charge in [0.2, 0.25) is 0 Å². The molecule has 0 aliphatic carbocycles. The molecule has 0 aromatic heterocycles. The smallest absolute Gasteiger partial charge is 0.0824 e. The molecule has 0 radical (unpaired) electrons. The van der Waals surface area contributed by atoms with E-state index < -0.39 is 0 Å². The van der Waals surface area contributed by atoms with Crippen molar-refractivity contribution in [2.45, 2.75) is 18.9 Å². The van der Waals surface area contributed by atoms with Crippen LogP contribution in [-0.2, 0) is 9.47 Å². The van der Waals surface area contributed by atoms with Gasteiger partial charge in [0.25, 0.3) is 0 Å². The molecule has 2 aliphatic rings. The number of ether oxygens (including phenoxy) is 2. The van der Waals surface area contributed by atoms with Gasteiger partial charge in [-0.3, -0.25) is 4.90 Å². The normalized spacial score (nSPS) is 29.0. The molecule has 2 saturated heterocycles. The predicted octanol–water partition coefficient (Wildman–Crippen LogP) is 0.0725. The lowest BCUT2D eigenvalue weighted by atomic mass is 10.0. The highest BCUT2D eigenvalue weighted by atomic mass is 16.5. The van der Waals surface area contributed by atoms with E-state index in [1.807, 2.05) is 0 Å². The first kappa shape index (κ1) is 11.3. The van der Waals surface area contributed by atoms with Gasteiger partial charge in [-0.05, 0) is 19.4 Å². The zero-order chi connectivity index (χ0) is 10.5. The minimum Gasteiger partial charge on any atom is -0.381 e. The molecular weight excluding hydrogens is 192 g/mol. The summed E-state index contributed by atoms with van der Waals surface area (Å²) in [6, 6.07) is 0. The summed E-state index contributed by atoms with van der Waals surface area (Å²) < 4.78 is 10.7. The van der Waals surface area contributed by atoms with Crippen LogP contribution >= 0.6 is 0 Å². The second kappa shape index (κ2) is 5.80. The van der Waals surface area contributed by atoms with E-state index in [0.29, 0.717) is 6.54 Å². The molecule has 2 rings (SSSR count). The highest BCUT2D eigenvalue weighted by molar-refractivity contribution is 4.73. The molecule has 2 fully saturated rings. The molecule has 2 heterocycles. The first-order valence-corrected chi connectivity index (χ1v) is 6.00. The van der Waals surface area contributed by atoms with E-state index >= 15 is 0 Å². The minimum atomic E-state index is 0.255. The second-order valence-electron chi connectivity index (χ2n) is 4.57. The number of hydrogen-bond donors (Lipinski definition) is 1. The summed E-state index contributed by atoms with van der Waals surface area (Å²) in [5, 5.41) is 0. The van der Waals surface area contributed by atoms with E-state index in [2.05, 4.69) is 4.90 Å². The predicted molar refractivity (Wildman–Crippen MR) is 58.8 cm³/mol. The maximum absolute atomic E-state index is 5.60. The van der Waals surface area contributed by atoms with E-state index in [0.717, 1.165) is 38.8 Å². The molecule has 88 valence electrons. The Morgan fingerprint density at radius 2 is 2.20 bits per heavy atom. The van der Waals surface area contributed by atoms with Gasteiger partial charge in [0.05, 0.1) is 25.9 Å². The van der Waals surface area contributed by atoms with E-state index in [1.165, 1.54) is 19.4 Å². The van der Waals surface area contributed by atoms with E-state index in [1.54, 1.807) is 0 Å². The quantitative estimate of drug-likeness (QED) is 0.703. The summed E-state index contributed by atoms with van der Waals surface area (Å²) >= 11 is 0. The molecule has 4 nitrogen and oxygen atoms in total. The molecule has 2 aliphatic heterocycles. The molecule has 0 amide bonds. The van der Waals surface area contributed by atoms with Crippen molar-refractivity contribution < 1.29 is 9.47 Å². The van der Waals surface area contributed by atoms with Gasteiger partial charge in [0.15, 0.2) is 0 Å². The van der Waals surface area contributed by atoms with Crippen molar-refractivity contribution in [1.82, 2.24) is 4.90 Å². The molecule has 0 bridgehead atoms. The molecule has 0 aromatic rings. The fourth-order valence-corrected chi connectivity index (χ4v) is 2.18. The van der Waals surface area contributed by atoms with Gasteiger partial charge in [0, 0.05) is 25.6 Å². The Kier molecular flexibility index (Phi) is 4.38. The Morgan fingerprint density at radius 1 is 1.33 bits per heavy atom. The van der Waals surface area contributed by atoms with Gasteiger partial charge in [-0.15, -0.1) is 0 Å². The lowest BCUT2D eigenvalue weighted by Gasteiger charge is -2.33. The Bertz CT molecular complexity index is 185. The zero-order valence-electron chi connectivity index (χ0n) is 9.36. The van der Waals surface area contributed by atoms with Crippen molar-refractivity contribution in [2.75, 3.05) is 46.0 Å². The summed E-state index contributed by atoms with van der Waals surface area (Å²) in [7, 11) is 0. The van der Waals surface area contributed by atoms with Crippen LogP contribution in [0.4, 0.5) is 0 Å². The minimum absolute atomic E-state index is 0.255.